The van der Waals surface area contributed by atoms with Gasteiger partial charge in [-0.15, -0.1) is 0 Å². The van der Waals surface area contributed by atoms with Gasteiger partial charge in [0.1, 0.15) is 5.60 Å². The van der Waals surface area contributed by atoms with Gasteiger partial charge in [0.05, 0.1) is 23.4 Å². The zero-order valence-corrected chi connectivity index (χ0v) is 22.8. The third kappa shape index (κ3) is 5.21. The maximum Gasteiger partial charge on any atom is 0.419 e. The Morgan fingerprint density at radius 2 is 1.79 bits per heavy atom. The predicted octanol–water partition coefficient (Wildman–Crippen LogP) is 4.01. The summed E-state index contributed by atoms with van der Waals surface area (Å²) in [4.78, 5) is 31.2. The van der Waals surface area contributed by atoms with E-state index in [1.165, 1.54) is 5.56 Å². The number of benzene rings is 2. The minimum atomic E-state index is -0.658. The largest absolute Gasteiger partial charge is 0.443 e. The molecule has 38 heavy (non-hydrogen) atoms. The average Bonchev–Trinajstić information content (AvgIpc) is 3.45. The van der Waals surface area contributed by atoms with E-state index in [1.54, 1.807) is 4.57 Å². The molecule has 202 valence electrons. The number of aromatic nitrogens is 1. The van der Waals surface area contributed by atoms with Crippen LogP contribution < -0.4 is 5.32 Å². The Morgan fingerprint density at radius 3 is 2.47 bits per heavy atom. The molecule has 1 saturated heterocycles. The van der Waals surface area contributed by atoms with Crippen LogP contribution in [0.3, 0.4) is 0 Å². The molecule has 3 heterocycles. The van der Waals surface area contributed by atoms with Crippen LogP contribution in [0.5, 0.6) is 0 Å². The number of fused-ring (bicyclic) bond motifs is 2. The molecule has 3 aromatic rings. The van der Waals surface area contributed by atoms with Crippen molar-refractivity contribution in [2.24, 2.45) is 0 Å². The van der Waals surface area contributed by atoms with E-state index in [1.807, 2.05) is 39.0 Å². The summed E-state index contributed by atoms with van der Waals surface area (Å²) in [5.41, 5.74) is 5.49. The number of hydrogen-bond donors (Lipinski definition) is 2. The molecule has 1 amide bonds. The molecule has 8 heteroatoms. The summed E-state index contributed by atoms with van der Waals surface area (Å²) >= 11 is 0. The number of hydrogen-bond acceptors (Lipinski definition) is 6. The van der Waals surface area contributed by atoms with Gasteiger partial charge in [-0.2, -0.15) is 0 Å². The lowest BCUT2D eigenvalue weighted by molar-refractivity contribution is 0.0547. The second-order valence-corrected chi connectivity index (χ2v) is 11.2. The lowest BCUT2D eigenvalue weighted by atomic mass is 9.94. The first-order valence-corrected chi connectivity index (χ1v) is 13.5. The fourth-order valence-corrected chi connectivity index (χ4v) is 5.59. The number of piperazine rings is 1. The summed E-state index contributed by atoms with van der Waals surface area (Å²) in [5, 5.41) is 13.1. The number of aryl methyl sites for hydroxylation is 1. The molecule has 0 aliphatic carbocycles. The molecular weight excluding hydrogens is 480 g/mol. The number of aliphatic hydroxyl groups excluding tert-OH is 1. The van der Waals surface area contributed by atoms with E-state index in [4.69, 9.17) is 4.74 Å². The van der Waals surface area contributed by atoms with Crippen LogP contribution in [0, 0.1) is 0 Å². The highest BCUT2D eigenvalue weighted by atomic mass is 16.6. The topological polar surface area (TPSA) is 87.0 Å². The second-order valence-electron chi connectivity index (χ2n) is 11.2. The Kier molecular flexibility index (Phi) is 7.31. The maximum absolute atomic E-state index is 13.5. The van der Waals surface area contributed by atoms with Gasteiger partial charge in [0, 0.05) is 56.8 Å². The van der Waals surface area contributed by atoms with Gasteiger partial charge in [0.25, 0.3) is 5.91 Å². The highest BCUT2D eigenvalue weighted by Gasteiger charge is 2.30. The maximum atomic E-state index is 13.5. The molecule has 0 atom stereocenters. The van der Waals surface area contributed by atoms with Crippen LogP contribution in [-0.4, -0.2) is 76.4 Å². The van der Waals surface area contributed by atoms with Crippen molar-refractivity contribution in [3.63, 3.8) is 0 Å². The second kappa shape index (κ2) is 10.5. The van der Waals surface area contributed by atoms with Crippen molar-refractivity contribution >= 4 is 22.9 Å². The monoisotopic (exact) mass is 518 g/mol. The van der Waals surface area contributed by atoms with E-state index in [0.717, 1.165) is 73.3 Å². The Morgan fingerprint density at radius 1 is 1.05 bits per heavy atom. The predicted molar refractivity (Wildman–Crippen MR) is 148 cm³/mol. The lowest BCUT2D eigenvalue weighted by Gasteiger charge is -2.34. The summed E-state index contributed by atoms with van der Waals surface area (Å²) in [5.74, 6) is -0.104. The van der Waals surface area contributed by atoms with E-state index in [0.29, 0.717) is 17.8 Å². The molecule has 0 saturated carbocycles. The summed E-state index contributed by atoms with van der Waals surface area (Å²) in [6, 6.07) is 12.2. The zero-order chi connectivity index (χ0) is 27.0. The highest BCUT2D eigenvalue weighted by molar-refractivity contribution is 6.07. The Hall–Kier alpha value is -3.20. The van der Waals surface area contributed by atoms with Crippen molar-refractivity contribution in [2.75, 3.05) is 39.3 Å². The third-order valence-electron chi connectivity index (χ3n) is 7.45. The smallest absolute Gasteiger partial charge is 0.419 e. The summed E-state index contributed by atoms with van der Waals surface area (Å²) in [7, 11) is 0. The van der Waals surface area contributed by atoms with Crippen molar-refractivity contribution in [3.8, 4) is 11.3 Å². The number of ether oxygens (including phenoxy) is 1. The Balaban J connectivity index is 1.55. The third-order valence-corrected chi connectivity index (χ3v) is 7.45. The van der Waals surface area contributed by atoms with Crippen molar-refractivity contribution in [1.29, 1.82) is 0 Å². The summed E-state index contributed by atoms with van der Waals surface area (Å²) < 4.78 is 7.43. The molecule has 0 unspecified atom stereocenters. The number of nitrogens with one attached hydrogen (secondary N) is 1. The van der Waals surface area contributed by atoms with E-state index in [-0.39, 0.29) is 12.5 Å². The first-order valence-electron chi connectivity index (χ1n) is 13.5. The molecule has 2 aliphatic heterocycles. The molecule has 2 aliphatic rings. The van der Waals surface area contributed by atoms with Crippen LogP contribution in [-0.2, 0) is 24.2 Å². The fourth-order valence-electron chi connectivity index (χ4n) is 5.59. The van der Waals surface area contributed by atoms with E-state index < -0.39 is 11.7 Å². The van der Waals surface area contributed by atoms with Crippen molar-refractivity contribution in [3.05, 3.63) is 58.7 Å². The number of β-amino-alcohol motifs (C(OH)–C–C–N with tert-alkyl or cyclic N) is 1. The van der Waals surface area contributed by atoms with E-state index in [9.17, 15) is 14.7 Å². The number of carbonyl (C=O) groups excluding carboxylic acids is 2. The van der Waals surface area contributed by atoms with E-state index >= 15 is 0 Å². The lowest BCUT2D eigenvalue weighted by Crippen LogP contribution is -2.46. The molecule has 1 aromatic heterocycles. The van der Waals surface area contributed by atoms with Gasteiger partial charge in [-0.1, -0.05) is 25.1 Å². The Labute approximate surface area is 224 Å². The fraction of sp³-hybridized carbons (Fsp3) is 0.467. The van der Waals surface area contributed by atoms with Crippen LogP contribution in [0.4, 0.5) is 4.79 Å². The molecular formula is C30H38N4O4. The van der Waals surface area contributed by atoms with Gasteiger partial charge >= 0.3 is 6.09 Å². The van der Waals surface area contributed by atoms with Gasteiger partial charge in [-0.3, -0.25) is 14.6 Å². The van der Waals surface area contributed by atoms with Crippen LogP contribution in [0.15, 0.2) is 36.4 Å². The van der Waals surface area contributed by atoms with Crippen LogP contribution in [0.1, 0.15) is 54.7 Å². The van der Waals surface area contributed by atoms with Crippen LogP contribution in [0.2, 0.25) is 0 Å². The number of nitrogens with zero attached hydrogens (tertiary/aromatic N) is 3. The standard InChI is InChI=1S/C30H38N4O4/c1-5-21-7-8-23(27-24(21)18-31-28(27)36)26-17-22-16-20(19-33-12-10-32(11-13-33)14-15-35)6-9-25(22)34(26)29(37)38-30(2,3)4/h6-9,16-17,35H,5,10-15,18-19H2,1-4H3,(H,31,36). The molecule has 2 aromatic carbocycles. The average molecular weight is 519 g/mol. The summed E-state index contributed by atoms with van der Waals surface area (Å²) in [6.45, 7) is 13.7. The zero-order valence-electron chi connectivity index (χ0n) is 22.8. The van der Waals surface area contributed by atoms with Gasteiger partial charge in [0.15, 0.2) is 0 Å². The first kappa shape index (κ1) is 26.4. The number of aliphatic hydroxyl groups is 1. The van der Waals surface area contributed by atoms with Gasteiger partial charge < -0.3 is 15.2 Å². The number of rotatable bonds is 6. The molecule has 2 N–H and O–H groups in total. The quantitative estimate of drug-likeness (QED) is 0.513. The number of amides is 1. The minimum Gasteiger partial charge on any atom is -0.443 e. The van der Waals surface area contributed by atoms with Gasteiger partial charge in [-0.25, -0.2) is 9.36 Å². The molecule has 1 fully saturated rings. The van der Waals surface area contributed by atoms with E-state index in [2.05, 4.69) is 40.2 Å². The van der Waals surface area contributed by atoms with Gasteiger partial charge in [0.2, 0.25) is 0 Å². The van der Waals surface area contributed by atoms with Crippen molar-refractivity contribution in [1.82, 2.24) is 19.7 Å². The highest BCUT2D eigenvalue weighted by Crippen LogP contribution is 2.36. The first-order chi connectivity index (χ1) is 18.2. The van der Waals surface area contributed by atoms with Crippen LogP contribution in [0.25, 0.3) is 22.2 Å². The van der Waals surface area contributed by atoms with Crippen molar-refractivity contribution < 1.29 is 19.4 Å². The molecule has 0 radical (unpaired) electrons. The van der Waals surface area contributed by atoms with Gasteiger partial charge in [-0.05, 0) is 62.1 Å². The molecule has 8 nitrogen and oxygen atoms in total. The molecule has 5 rings (SSSR count). The Bertz CT molecular complexity index is 1360. The van der Waals surface area contributed by atoms with Crippen molar-refractivity contribution in [2.45, 2.75) is 52.8 Å². The SMILES string of the molecule is CCc1ccc(-c2cc3cc(CN4CCN(CCO)CC4)ccc3n2C(=O)OC(C)(C)C)c2c1CNC2=O. The minimum absolute atomic E-state index is 0.104. The molecule has 0 bridgehead atoms. The van der Waals surface area contributed by atoms with Crippen LogP contribution >= 0.6 is 0 Å². The number of carbonyl (C=O) groups is 2. The summed E-state index contributed by atoms with van der Waals surface area (Å²) in [6.07, 6.45) is 0.381. The normalized spacial score (nSPS) is 16.6. The molecule has 0 spiro atoms.